The van der Waals surface area contributed by atoms with Gasteiger partial charge in [0.25, 0.3) is 0 Å². The highest BCUT2D eigenvalue weighted by Gasteiger charge is 2.27. The van der Waals surface area contributed by atoms with Gasteiger partial charge in [0.05, 0.1) is 18.9 Å². The van der Waals surface area contributed by atoms with Crippen molar-refractivity contribution in [1.29, 1.82) is 0 Å². The fourth-order valence-electron chi connectivity index (χ4n) is 3.14. The fourth-order valence-corrected chi connectivity index (χ4v) is 3.14. The maximum absolute atomic E-state index is 9.86. The molecule has 26 heavy (non-hydrogen) atoms. The molecule has 2 N–H and O–H groups in total. The Morgan fingerprint density at radius 3 is 2.77 bits per heavy atom. The lowest BCUT2D eigenvalue weighted by molar-refractivity contribution is 0.132. The molecule has 0 radical (unpaired) electrons. The zero-order valence-electron chi connectivity index (χ0n) is 15.2. The van der Waals surface area contributed by atoms with Gasteiger partial charge in [-0.1, -0.05) is 30.3 Å². The summed E-state index contributed by atoms with van der Waals surface area (Å²) < 4.78 is 5.39. The van der Waals surface area contributed by atoms with E-state index in [-0.39, 0.29) is 30.1 Å². The maximum atomic E-state index is 9.86. The van der Waals surface area contributed by atoms with E-state index < -0.39 is 0 Å². The summed E-state index contributed by atoms with van der Waals surface area (Å²) in [7, 11) is 0. The summed E-state index contributed by atoms with van der Waals surface area (Å²) >= 11 is 0. The van der Waals surface area contributed by atoms with Crippen molar-refractivity contribution in [2.45, 2.75) is 32.4 Å². The van der Waals surface area contributed by atoms with Crippen LogP contribution in [0.25, 0.3) is 0 Å². The molecule has 2 atom stereocenters. The van der Waals surface area contributed by atoms with E-state index in [1.165, 1.54) is 5.56 Å². The molecule has 1 fully saturated rings. The predicted molar refractivity (Wildman–Crippen MR) is 115 cm³/mol. The number of likely N-dealkylation sites (tertiary alicyclic amines) is 1. The molecule has 1 aromatic heterocycles. The Balaban J connectivity index is 0.00000243. The second-order valence-electron chi connectivity index (χ2n) is 6.62. The number of halogens is 1. The first kappa shape index (κ1) is 20.8. The molecular weight excluding hydrogens is 441 g/mol. The smallest absolute Gasteiger partial charge is 0.194 e. The Bertz CT molecular complexity index is 659. The third-order valence-electron chi connectivity index (χ3n) is 4.70. The number of benzene rings is 1. The Morgan fingerprint density at radius 2 is 2.12 bits per heavy atom. The van der Waals surface area contributed by atoms with E-state index in [0.29, 0.717) is 12.5 Å². The third kappa shape index (κ3) is 6.02. The van der Waals surface area contributed by atoms with Gasteiger partial charge in [-0.15, -0.1) is 24.0 Å². The number of furan rings is 1. The molecule has 0 saturated carbocycles. The molecule has 6 heteroatoms. The maximum Gasteiger partial charge on any atom is 0.194 e. The lowest BCUT2D eigenvalue weighted by Gasteiger charge is -2.22. The van der Waals surface area contributed by atoms with Gasteiger partial charge in [-0.05, 0) is 31.0 Å². The normalized spacial score (nSPS) is 18.5. The van der Waals surface area contributed by atoms with Crippen molar-refractivity contribution >= 4 is 29.9 Å². The molecular formula is C20H28IN3O2. The van der Waals surface area contributed by atoms with Crippen LogP contribution in [0.3, 0.4) is 0 Å². The summed E-state index contributed by atoms with van der Waals surface area (Å²) in [5, 5.41) is 13.3. The number of aliphatic hydroxyl groups excluding tert-OH is 1. The molecule has 1 aromatic carbocycles. The number of hydrogen-bond acceptors (Lipinski definition) is 3. The number of guanidine groups is 1. The summed E-state index contributed by atoms with van der Waals surface area (Å²) in [5.41, 5.74) is 1.19. The van der Waals surface area contributed by atoms with Crippen LogP contribution in [0.1, 0.15) is 24.7 Å². The molecule has 2 heterocycles. The van der Waals surface area contributed by atoms with Gasteiger partial charge in [-0.2, -0.15) is 0 Å². The average molecular weight is 469 g/mol. The molecule has 1 aliphatic heterocycles. The van der Waals surface area contributed by atoms with Gasteiger partial charge in [0.15, 0.2) is 5.96 Å². The van der Waals surface area contributed by atoms with Crippen molar-refractivity contribution in [2.75, 3.05) is 19.6 Å². The minimum absolute atomic E-state index is 0. The second kappa shape index (κ2) is 10.6. The summed E-state index contributed by atoms with van der Waals surface area (Å²) in [6.45, 7) is 5.08. The number of aliphatic imine (C=N–C) groups is 1. The van der Waals surface area contributed by atoms with Gasteiger partial charge in [0.2, 0.25) is 0 Å². The van der Waals surface area contributed by atoms with Crippen LogP contribution in [0.2, 0.25) is 0 Å². The van der Waals surface area contributed by atoms with E-state index in [1.807, 2.05) is 37.3 Å². The monoisotopic (exact) mass is 469 g/mol. The van der Waals surface area contributed by atoms with Gasteiger partial charge in [-0.3, -0.25) is 0 Å². The largest absolute Gasteiger partial charge is 0.469 e. The van der Waals surface area contributed by atoms with E-state index in [9.17, 15) is 5.11 Å². The lowest BCUT2D eigenvalue weighted by Crippen LogP contribution is -2.41. The minimum Gasteiger partial charge on any atom is -0.469 e. The van der Waals surface area contributed by atoms with Crippen LogP contribution >= 0.6 is 24.0 Å². The van der Waals surface area contributed by atoms with Gasteiger partial charge >= 0.3 is 0 Å². The van der Waals surface area contributed by atoms with E-state index in [4.69, 9.17) is 9.41 Å². The molecule has 2 aromatic rings. The highest BCUT2D eigenvalue weighted by atomic mass is 127. The molecule has 2 unspecified atom stereocenters. The summed E-state index contributed by atoms with van der Waals surface area (Å²) in [5.74, 6) is 2.20. The number of hydrogen-bond donors (Lipinski definition) is 2. The van der Waals surface area contributed by atoms with E-state index in [1.54, 1.807) is 6.26 Å². The number of nitrogens with zero attached hydrogens (tertiary/aromatic N) is 2. The minimum atomic E-state index is -0.275. The SMILES string of the molecule is CC(O)C1CCN(C(=NCc2ccccc2)NCCc2ccco2)C1.I. The van der Waals surface area contributed by atoms with Crippen molar-refractivity contribution in [2.24, 2.45) is 10.9 Å². The topological polar surface area (TPSA) is 61.0 Å². The van der Waals surface area contributed by atoms with Gasteiger partial charge < -0.3 is 19.7 Å². The van der Waals surface area contributed by atoms with E-state index in [0.717, 1.165) is 44.2 Å². The second-order valence-corrected chi connectivity index (χ2v) is 6.62. The van der Waals surface area contributed by atoms with Crippen LogP contribution < -0.4 is 5.32 Å². The van der Waals surface area contributed by atoms with Crippen molar-refractivity contribution < 1.29 is 9.52 Å². The fraction of sp³-hybridized carbons (Fsp3) is 0.450. The lowest BCUT2D eigenvalue weighted by atomic mass is 10.0. The standard InChI is InChI=1S/C20H27N3O2.HI/c1-16(24)18-10-12-23(15-18)20(21-11-9-19-8-5-13-25-19)22-14-17-6-3-2-4-7-17;/h2-8,13,16,18,24H,9-12,14-15H2,1H3,(H,21,22);1H. The first-order chi connectivity index (χ1) is 12.2. The molecule has 0 aliphatic carbocycles. The van der Waals surface area contributed by atoms with Crippen LogP contribution in [0, 0.1) is 5.92 Å². The first-order valence-electron chi connectivity index (χ1n) is 9.00. The molecule has 5 nitrogen and oxygen atoms in total. The molecule has 1 saturated heterocycles. The highest BCUT2D eigenvalue weighted by Crippen LogP contribution is 2.19. The Hall–Kier alpha value is -1.54. The average Bonchev–Trinajstić information content (AvgIpc) is 3.30. The molecule has 0 bridgehead atoms. The molecule has 0 amide bonds. The van der Waals surface area contributed by atoms with Crippen LogP contribution in [0.4, 0.5) is 0 Å². The van der Waals surface area contributed by atoms with Gasteiger partial charge in [-0.25, -0.2) is 4.99 Å². The van der Waals surface area contributed by atoms with Crippen molar-refractivity contribution in [3.63, 3.8) is 0 Å². The summed E-state index contributed by atoms with van der Waals surface area (Å²) in [4.78, 5) is 7.06. The highest BCUT2D eigenvalue weighted by molar-refractivity contribution is 14.0. The van der Waals surface area contributed by atoms with Crippen LogP contribution in [-0.4, -0.2) is 41.7 Å². The van der Waals surface area contributed by atoms with E-state index >= 15 is 0 Å². The third-order valence-corrected chi connectivity index (χ3v) is 4.70. The Labute approximate surface area is 172 Å². The van der Waals surface area contributed by atoms with E-state index in [2.05, 4.69) is 22.3 Å². The zero-order valence-corrected chi connectivity index (χ0v) is 17.5. The molecule has 3 rings (SSSR count). The Kier molecular flexibility index (Phi) is 8.44. The van der Waals surface area contributed by atoms with Crippen molar-refractivity contribution in [3.05, 3.63) is 60.1 Å². The zero-order chi connectivity index (χ0) is 17.5. The number of rotatable bonds is 6. The Morgan fingerprint density at radius 1 is 1.31 bits per heavy atom. The van der Waals surface area contributed by atoms with Crippen LogP contribution in [0.15, 0.2) is 58.1 Å². The summed E-state index contributed by atoms with van der Waals surface area (Å²) in [6, 6.07) is 14.2. The number of aliphatic hydroxyl groups is 1. The first-order valence-corrected chi connectivity index (χ1v) is 9.00. The summed E-state index contributed by atoms with van der Waals surface area (Å²) in [6.07, 6.45) is 3.25. The van der Waals surface area contributed by atoms with Gasteiger partial charge in [0, 0.05) is 32.0 Å². The predicted octanol–water partition coefficient (Wildman–Crippen LogP) is 3.29. The van der Waals surface area contributed by atoms with Crippen LogP contribution in [-0.2, 0) is 13.0 Å². The van der Waals surface area contributed by atoms with Crippen molar-refractivity contribution in [1.82, 2.24) is 10.2 Å². The quantitative estimate of drug-likeness (QED) is 0.388. The molecule has 142 valence electrons. The van der Waals surface area contributed by atoms with Crippen molar-refractivity contribution in [3.8, 4) is 0 Å². The molecule has 0 spiro atoms. The molecule has 1 aliphatic rings. The number of nitrogens with one attached hydrogen (secondary N) is 1. The van der Waals surface area contributed by atoms with Crippen LogP contribution in [0.5, 0.6) is 0 Å². The van der Waals surface area contributed by atoms with Gasteiger partial charge in [0.1, 0.15) is 5.76 Å².